The van der Waals surface area contributed by atoms with Crippen molar-refractivity contribution in [3.8, 4) is 0 Å². The molecular formula is C6H10O4. The Kier molecular flexibility index (Phi) is 3.90. The fourth-order valence-electron chi connectivity index (χ4n) is 0.203. The van der Waals surface area contributed by atoms with Gasteiger partial charge in [-0.3, -0.25) is 0 Å². The molecule has 0 bridgehead atoms. The van der Waals surface area contributed by atoms with E-state index in [0.29, 0.717) is 0 Å². The molecule has 0 aromatic rings. The number of hydrogen-bond donors (Lipinski definition) is 2. The number of hydrogen-bond acceptors (Lipinski definition) is 4. The summed E-state index contributed by atoms with van der Waals surface area (Å²) in [5, 5.41) is 17.2. The second-order valence-electron chi connectivity index (χ2n) is 1.52. The Morgan fingerprint density at radius 3 is 2.40 bits per heavy atom. The van der Waals surface area contributed by atoms with Crippen LogP contribution in [0.4, 0.5) is 0 Å². The lowest BCUT2D eigenvalue weighted by Gasteiger charge is -2.14. The standard InChI is InChI=1S/C6H10O4/c1-3-5-9-10-6(7,8)4-2/h3-4,7-8H,1-2,5H2. The first-order chi connectivity index (χ1) is 4.62. The van der Waals surface area contributed by atoms with Gasteiger partial charge in [-0.15, -0.1) is 6.58 Å². The Morgan fingerprint density at radius 2 is 2.00 bits per heavy atom. The van der Waals surface area contributed by atoms with Gasteiger partial charge in [-0.2, -0.15) is 4.89 Å². The molecule has 0 atom stereocenters. The van der Waals surface area contributed by atoms with E-state index in [1.54, 1.807) is 0 Å². The average Bonchev–Trinajstić information content (AvgIpc) is 1.89. The molecule has 2 N–H and O–H groups in total. The molecule has 0 heterocycles. The summed E-state index contributed by atoms with van der Waals surface area (Å²) in [6, 6.07) is 0. The molecule has 0 amide bonds. The summed E-state index contributed by atoms with van der Waals surface area (Å²) >= 11 is 0. The van der Waals surface area contributed by atoms with Gasteiger partial charge in [0.15, 0.2) is 0 Å². The predicted octanol–water partition coefficient (Wildman–Crippen LogP) is -0.0550. The smallest absolute Gasteiger partial charge is 0.327 e. The van der Waals surface area contributed by atoms with Gasteiger partial charge in [-0.05, 0) is 6.08 Å². The molecule has 0 saturated carbocycles. The van der Waals surface area contributed by atoms with Gasteiger partial charge in [0, 0.05) is 0 Å². The van der Waals surface area contributed by atoms with Crippen molar-refractivity contribution in [2.24, 2.45) is 0 Å². The maximum Gasteiger partial charge on any atom is 0.327 e. The molecule has 4 heteroatoms. The van der Waals surface area contributed by atoms with Gasteiger partial charge in [0.05, 0.1) is 0 Å². The highest BCUT2D eigenvalue weighted by Crippen LogP contribution is 2.02. The zero-order valence-electron chi connectivity index (χ0n) is 5.49. The van der Waals surface area contributed by atoms with E-state index < -0.39 is 5.97 Å². The quantitative estimate of drug-likeness (QED) is 0.188. The highest BCUT2D eigenvalue weighted by molar-refractivity contribution is 4.75. The summed E-state index contributed by atoms with van der Waals surface area (Å²) in [5.41, 5.74) is 0. The third-order valence-electron chi connectivity index (χ3n) is 0.633. The SMILES string of the molecule is C=CCOOC(O)(O)C=C. The maximum absolute atomic E-state index is 8.61. The minimum absolute atomic E-state index is 0.0801. The summed E-state index contributed by atoms with van der Waals surface area (Å²) in [7, 11) is 0. The van der Waals surface area contributed by atoms with Crippen molar-refractivity contribution >= 4 is 0 Å². The summed E-state index contributed by atoms with van der Waals surface area (Å²) in [6.45, 7) is 6.47. The summed E-state index contributed by atoms with van der Waals surface area (Å²) in [5.74, 6) is -2.41. The average molecular weight is 146 g/mol. The molecule has 0 aliphatic heterocycles. The molecule has 0 aromatic carbocycles. The van der Waals surface area contributed by atoms with Crippen LogP contribution >= 0.6 is 0 Å². The van der Waals surface area contributed by atoms with Crippen LogP contribution < -0.4 is 0 Å². The van der Waals surface area contributed by atoms with E-state index in [1.807, 2.05) is 0 Å². The summed E-state index contributed by atoms with van der Waals surface area (Å²) in [4.78, 5) is 8.29. The van der Waals surface area contributed by atoms with Crippen molar-refractivity contribution in [1.29, 1.82) is 0 Å². The van der Waals surface area contributed by atoms with Gasteiger partial charge < -0.3 is 10.2 Å². The first-order valence-electron chi connectivity index (χ1n) is 2.62. The van der Waals surface area contributed by atoms with E-state index in [1.165, 1.54) is 6.08 Å². The molecular weight excluding hydrogens is 136 g/mol. The molecule has 0 fully saturated rings. The summed E-state index contributed by atoms with van der Waals surface area (Å²) < 4.78 is 0. The van der Waals surface area contributed by atoms with E-state index in [4.69, 9.17) is 10.2 Å². The number of aliphatic hydroxyl groups is 2. The first-order valence-corrected chi connectivity index (χ1v) is 2.62. The maximum atomic E-state index is 8.61. The third kappa shape index (κ3) is 4.22. The predicted molar refractivity (Wildman–Crippen MR) is 34.6 cm³/mol. The molecule has 4 nitrogen and oxygen atoms in total. The Bertz CT molecular complexity index is 119. The molecule has 0 unspecified atom stereocenters. The van der Waals surface area contributed by atoms with E-state index >= 15 is 0 Å². The Balaban J connectivity index is 3.46. The van der Waals surface area contributed by atoms with Crippen LogP contribution in [-0.2, 0) is 9.78 Å². The highest BCUT2D eigenvalue weighted by Gasteiger charge is 2.19. The molecule has 0 aromatic heterocycles. The van der Waals surface area contributed by atoms with Gasteiger partial charge in [0.1, 0.15) is 6.61 Å². The lowest BCUT2D eigenvalue weighted by atomic mass is 10.6. The van der Waals surface area contributed by atoms with Gasteiger partial charge in [0.25, 0.3) is 0 Å². The van der Waals surface area contributed by atoms with Crippen molar-refractivity contribution in [3.63, 3.8) is 0 Å². The van der Waals surface area contributed by atoms with Gasteiger partial charge in [-0.25, -0.2) is 4.89 Å². The van der Waals surface area contributed by atoms with E-state index in [2.05, 4.69) is 22.9 Å². The van der Waals surface area contributed by atoms with Crippen LogP contribution in [0.5, 0.6) is 0 Å². The zero-order chi connectivity index (χ0) is 8.04. The first kappa shape index (κ1) is 9.32. The fourth-order valence-corrected chi connectivity index (χ4v) is 0.203. The Labute approximate surface area is 58.9 Å². The van der Waals surface area contributed by atoms with Gasteiger partial charge in [0.2, 0.25) is 0 Å². The van der Waals surface area contributed by atoms with Gasteiger partial charge >= 0.3 is 5.97 Å². The largest absolute Gasteiger partial charge is 0.338 e. The van der Waals surface area contributed by atoms with Crippen LogP contribution in [0, 0.1) is 0 Å². The van der Waals surface area contributed by atoms with E-state index in [-0.39, 0.29) is 6.61 Å². The van der Waals surface area contributed by atoms with Crippen LogP contribution in [0.3, 0.4) is 0 Å². The Morgan fingerprint density at radius 1 is 1.40 bits per heavy atom. The van der Waals surface area contributed by atoms with E-state index in [0.717, 1.165) is 6.08 Å². The monoisotopic (exact) mass is 146 g/mol. The van der Waals surface area contributed by atoms with Crippen molar-refractivity contribution in [3.05, 3.63) is 25.3 Å². The van der Waals surface area contributed by atoms with Crippen molar-refractivity contribution < 1.29 is 20.0 Å². The van der Waals surface area contributed by atoms with E-state index in [9.17, 15) is 0 Å². The topological polar surface area (TPSA) is 58.9 Å². The second kappa shape index (κ2) is 4.19. The minimum Gasteiger partial charge on any atom is -0.338 e. The normalized spacial score (nSPS) is 11.0. The number of rotatable bonds is 5. The van der Waals surface area contributed by atoms with Crippen LogP contribution in [-0.4, -0.2) is 22.8 Å². The van der Waals surface area contributed by atoms with Crippen LogP contribution in [0.15, 0.2) is 25.3 Å². The molecule has 0 spiro atoms. The zero-order valence-corrected chi connectivity index (χ0v) is 5.49. The molecule has 10 heavy (non-hydrogen) atoms. The Hall–Kier alpha value is -0.680. The van der Waals surface area contributed by atoms with Crippen molar-refractivity contribution in [2.45, 2.75) is 5.97 Å². The molecule has 0 aliphatic rings. The molecule has 58 valence electrons. The molecule has 0 aliphatic carbocycles. The molecule has 0 radical (unpaired) electrons. The van der Waals surface area contributed by atoms with Crippen LogP contribution in [0.2, 0.25) is 0 Å². The highest BCUT2D eigenvalue weighted by atomic mass is 17.2. The minimum atomic E-state index is -2.41. The molecule has 0 rings (SSSR count). The lowest BCUT2D eigenvalue weighted by Crippen LogP contribution is -2.28. The van der Waals surface area contributed by atoms with Gasteiger partial charge in [-0.1, -0.05) is 12.7 Å². The third-order valence-corrected chi connectivity index (χ3v) is 0.633. The second-order valence-corrected chi connectivity index (χ2v) is 1.52. The lowest BCUT2D eigenvalue weighted by molar-refractivity contribution is -0.463. The molecule has 0 saturated heterocycles. The van der Waals surface area contributed by atoms with Crippen LogP contribution in [0.1, 0.15) is 0 Å². The summed E-state index contributed by atoms with van der Waals surface area (Å²) in [6.07, 6.45) is 2.19. The van der Waals surface area contributed by atoms with Crippen molar-refractivity contribution in [2.75, 3.05) is 6.61 Å². The van der Waals surface area contributed by atoms with Crippen LogP contribution in [0.25, 0.3) is 0 Å². The van der Waals surface area contributed by atoms with Crippen molar-refractivity contribution in [1.82, 2.24) is 0 Å². The fraction of sp³-hybridized carbons (Fsp3) is 0.333.